The summed E-state index contributed by atoms with van der Waals surface area (Å²) >= 11 is 0. The van der Waals surface area contributed by atoms with Crippen LogP contribution in [0.2, 0.25) is 0 Å². The molecule has 4 nitrogen and oxygen atoms in total. The van der Waals surface area contributed by atoms with Crippen LogP contribution < -0.4 is 5.32 Å². The molecule has 0 radical (unpaired) electrons. The molecule has 0 aromatic rings. The Morgan fingerprint density at radius 3 is 2.80 bits per heavy atom. The van der Waals surface area contributed by atoms with E-state index in [1.165, 1.54) is 0 Å². The fourth-order valence-electron chi connectivity index (χ4n) is 1.27. The van der Waals surface area contributed by atoms with Gasteiger partial charge in [-0.3, -0.25) is 0 Å². The van der Waals surface area contributed by atoms with Crippen LogP contribution in [-0.2, 0) is 14.3 Å². The molecule has 0 aliphatic carbocycles. The quantitative estimate of drug-likeness (QED) is 0.712. The van der Waals surface area contributed by atoms with Crippen LogP contribution in [0.25, 0.3) is 0 Å². The van der Waals surface area contributed by atoms with Crippen LogP contribution in [-0.4, -0.2) is 38.4 Å². The molecule has 0 spiro atoms. The summed E-state index contributed by atoms with van der Waals surface area (Å²) in [6.45, 7) is 8.81. The standard InChI is InChI=1S/C11H21NO3/c1-11(2,3)4-6-15-10(13)9-8-12-5-7-14-9/h9,12H,4-8H2,1-3H3. The molecule has 0 bridgehead atoms. The Balaban J connectivity index is 2.17. The lowest BCUT2D eigenvalue weighted by molar-refractivity contribution is -0.159. The number of morpholine rings is 1. The van der Waals surface area contributed by atoms with E-state index in [9.17, 15) is 4.79 Å². The molecule has 0 saturated carbocycles. The van der Waals surface area contributed by atoms with E-state index in [1.807, 2.05) is 0 Å². The number of rotatable bonds is 3. The van der Waals surface area contributed by atoms with Gasteiger partial charge in [0.1, 0.15) is 0 Å². The van der Waals surface area contributed by atoms with Crippen LogP contribution in [0.4, 0.5) is 0 Å². The Bertz CT molecular complexity index is 204. The van der Waals surface area contributed by atoms with Gasteiger partial charge in [-0.15, -0.1) is 0 Å². The van der Waals surface area contributed by atoms with E-state index in [1.54, 1.807) is 0 Å². The van der Waals surface area contributed by atoms with Crippen LogP contribution in [0.5, 0.6) is 0 Å². The Kier molecular flexibility index (Phi) is 4.54. The zero-order valence-corrected chi connectivity index (χ0v) is 9.84. The maximum atomic E-state index is 11.5. The summed E-state index contributed by atoms with van der Waals surface area (Å²) in [7, 11) is 0. The molecule has 1 heterocycles. The first-order valence-corrected chi connectivity index (χ1v) is 5.48. The van der Waals surface area contributed by atoms with E-state index in [2.05, 4.69) is 26.1 Å². The van der Waals surface area contributed by atoms with Crippen molar-refractivity contribution >= 4 is 5.97 Å². The van der Waals surface area contributed by atoms with E-state index in [0.717, 1.165) is 13.0 Å². The monoisotopic (exact) mass is 215 g/mol. The smallest absolute Gasteiger partial charge is 0.336 e. The van der Waals surface area contributed by atoms with E-state index in [-0.39, 0.29) is 11.4 Å². The first kappa shape index (κ1) is 12.5. The molecule has 1 fully saturated rings. The van der Waals surface area contributed by atoms with E-state index in [0.29, 0.717) is 19.8 Å². The van der Waals surface area contributed by atoms with Crippen molar-refractivity contribution in [2.45, 2.75) is 33.3 Å². The molecule has 1 aliphatic heterocycles. The van der Waals surface area contributed by atoms with Gasteiger partial charge < -0.3 is 14.8 Å². The lowest BCUT2D eigenvalue weighted by atomic mass is 9.93. The van der Waals surface area contributed by atoms with Gasteiger partial charge in [-0.1, -0.05) is 20.8 Å². The number of carbonyl (C=O) groups is 1. The first-order valence-electron chi connectivity index (χ1n) is 5.48. The summed E-state index contributed by atoms with van der Waals surface area (Å²) in [5.74, 6) is -0.244. The number of hydrogen-bond acceptors (Lipinski definition) is 4. The third-order valence-electron chi connectivity index (χ3n) is 2.29. The zero-order valence-electron chi connectivity index (χ0n) is 9.84. The molecule has 1 rings (SSSR count). The normalized spacial score (nSPS) is 22.5. The van der Waals surface area contributed by atoms with E-state index < -0.39 is 6.10 Å². The molecule has 1 aliphatic rings. The Labute approximate surface area is 91.3 Å². The van der Waals surface area contributed by atoms with Gasteiger partial charge in [-0.25, -0.2) is 4.79 Å². The molecular weight excluding hydrogens is 194 g/mol. The minimum absolute atomic E-state index is 0.200. The lowest BCUT2D eigenvalue weighted by Crippen LogP contribution is -2.44. The Hall–Kier alpha value is -0.610. The fourth-order valence-corrected chi connectivity index (χ4v) is 1.27. The fraction of sp³-hybridized carbons (Fsp3) is 0.909. The summed E-state index contributed by atoms with van der Waals surface area (Å²) in [4.78, 5) is 11.5. The summed E-state index contributed by atoms with van der Waals surface area (Å²) < 4.78 is 10.4. The van der Waals surface area contributed by atoms with Gasteiger partial charge in [0.2, 0.25) is 0 Å². The van der Waals surface area contributed by atoms with Crippen LogP contribution in [0, 0.1) is 5.41 Å². The molecule has 0 aromatic carbocycles. The minimum atomic E-state index is -0.418. The highest BCUT2D eigenvalue weighted by atomic mass is 16.6. The van der Waals surface area contributed by atoms with Crippen molar-refractivity contribution in [3.8, 4) is 0 Å². The summed E-state index contributed by atoms with van der Waals surface area (Å²) in [6, 6.07) is 0. The average molecular weight is 215 g/mol. The largest absolute Gasteiger partial charge is 0.464 e. The van der Waals surface area contributed by atoms with Crippen molar-refractivity contribution in [1.82, 2.24) is 5.32 Å². The highest BCUT2D eigenvalue weighted by Gasteiger charge is 2.23. The van der Waals surface area contributed by atoms with Crippen molar-refractivity contribution in [2.24, 2.45) is 5.41 Å². The van der Waals surface area contributed by atoms with Crippen LogP contribution in [0.15, 0.2) is 0 Å². The highest BCUT2D eigenvalue weighted by Crippen LogP contribution is 2.18. The topological polar surface area (TPSA) is 47.6 Å². The molecule has 4 heteroatoms. The van der Waals surface area contributed by atoms with Crippen LogP contribution in [0.1, 0.15) is 27.2 Å². The van der Waals surface area contributed by atoms with Crippen molar-refractivity contribution in [3.05, 3.63) is 0 Å². The molecule has 1 atom stereocenters. The van der Waals surface area contributed by atoms with E-state index >= 15 is 0 Å². The maximum absolute atomic E-state index is 11.5. The van der Waals surface area contributed by atoms with Crippen molar-refractivity contribution < 1.29 is 14.3 Å². The first-order chi connectivity index (χ1) is 6.99. The molecule has 0 amide bonds. The summed E-state index contributed by atoms with van der Waals surface area (Å²) in [5, 5.41) is 3.10. The maximum Gasteiger partial charge on any atom is 0.336 e. The third kappa shape index (κ3) is 5.14. The number of nitrogens with one attached hydrogen (secondary N) is 1. The molecule has 1 unspecified atom stereocenters. The van der Waals surface area contributed by atoms with Gasteiger partial charge in [0, 0.05) is 13.1 Å². The van der Waals surface area contributed by atoms with Crippen molar-refractivity contribution in [1.29, 1.82) is 0 Å². The molecule has 1 saturated heterocycles. The van der Waals surface area contributed by atoms with Gasteiger partial charge in [0.05, 0.1) is 13.2 Å². The summed E-state index contributed by atoms with van der Waals surface area (Å²) in [5.41, 5.74) is 0.200. The van der Waals surface area contributed by atoms with Crippen molar-refractivity contribution in [2.75, 3.05) is 26.3 Å². The SMILES string of the molecule is CC(C)(C)CCOC(=O)C1CNCCO1. The van der Waals surface area contributed by atoms with Gasteiger partial charge >= 0.3 is 5.97 Å². The van der Waals surface area contributed by atoms with E-state index in [4.69, 9.17) is 9.47 Å². The van der Waals surface area contributed by atoms with Crippen molar-refractivity contribution in [3.63, 3.8) is 0 Å². The molecule has 1 N–H and O–H groups in total. The molecule has 0 aromatic heterocycles. The lowest BCUT2D eigenvalue weighted by Gasteiger charge is -2.23. The van der Waals surface area contributed by atoms with Crippen LogP contribution in [0.3, 0.4) is 0 Å². The third-order valence-corrected chi connectivity index (χ3v) is 2.29. The second-order valence-corrected chi connectivity index (χ2v) is 5.04. The number of esters is 1. The second kappa shape index (κ2) is 5.47. The predicted molar refractivity (Wildman–Crippen MR) is 57.6 cm³/mol. The van der Waals surface area contributed by atoms with Gasteiger partial charge in [-0.2, -0.15) is 0 Å². The molecule has 88 valence electrons. The highest BCUT2D eigenvalue weighted by molar-refractivity contribution is 5.75. The zero-order chi connectivity index (χ0) is 11.3. The molecular formula is C11H21NO3. The number of hydrogen-bond donors (Lipinski definition) is 1. The minimum Gasteiger partial charge on any atom is -0.464 e. The van der Waals surface area contributed by atoms with Gasteiger partial charge in [-0.05, 0) is 11.8 Å². The Morgan fingerprint density at radius 2 is 2.27 bits per heavy atom. The average Bonchev–Trinajstić information content (AvgIpc) is 2.17. The number of ether oxygens (including phenoxy) is 2. The molecule has 15 heavy (non-hydrogen) atoms. The van der Waals surface area contributed by atoms with Gasteiger partial charge in [0.25, 0.3) is 0 Å². The number of carbonyl (C=O) groups excluding carboxylic acids is 1. The predicted octanol–water partition coefficient (Wildman–Crippen LogP) is 0.954. The van der Waals surface area contributed by atoms with Gasteiger partial charge in [0.15, 0.2) is 6.10 Å². The summed E-state index contributed by atoms with van der Waals surface area (Å²) in [6.07, 6.45) is 0.456. The Morgan fingerprint density at radius 1 is 1.53 bits per heavy atom. The second-order valence-electron chi connectivity index (χ2n) is 5.04. The van der Waals surface area contributed by atoms with Crippen LogP contribution >= 0.6 is 0 Å².